The highest BCUT2D eigenvalue weighted by Gasteiger charge is 2.05. The van der Waals surface area contributed by atoms with E-state index in [0.717, 1.165) is 12.8 Å². The zero-order valence-corrected chi connectivity index (χ0v) is 14.4. The van der Waals surface area contributed by atoms with E-state index in [4.69, 9.17) is 11.2 Å². The third-order valence-electron chi connectivity index (χ3n) is 3.40. The highest BCUT2D eigenvalue weighted by Crippen LogP contribution is 2.09. The van der Waals surface area contributed by atoms with Crippen LogP contribution in [0.5, 0.6) is 0 Å². The SMILES string of the molecule is C#CCOC(=O)NCCC(=O)OCCCCCCCCCCC. The number of alkyl carbamates (subject to hydrolysis) is 1. The van der Waals surface area contributed by atoms with E-state index in [1.54, 1.807) is 0 Å². The van der Waals surface area contributed by atoms with Gasteiger partial charge in [0.2, 0.25) is 0 Å². The zero-order chi connectivity index (χ0) is 17.2. The smallest absolute Gasteiger partial charge is 0.408 e. The molecule has 5 nitrogen and oxygen atoms in total. The van der Waals surface area contributed by atoms with Gasteiger partial charge in [0.1, 0.15) is 0 Å². The number of carbonyl (C=O) groups excluding carboxylic acids is 2. The van der Waals surface area contributed by atoms with Gasteiger partial charge in [-0.1, -0.05) is 64.2 Å². The molecule has 23 heavy (non-hydrogen) atoms. The van der Waals surface area contributed by atoms with Crippen LogP contribution in [0.3, 0.4) is 0 Å². The highest BCUT2D eigenvalue weighted by atomic mass is 16.5. The number of nitrogens with one attached hydrogen (secondary N) is 1. The minimum absolute atomic E-state index is 0.0745. The summed E-state index contributed by atoms with van der Waals surface area (Å²) in [4.78, 5) is 22.5. The molecule has 0 aliphatic rings. The number of terminal acetylenes is 1. The Morgan fingerprint density at radius 3 is 2.17 bits per heavy atom. The molecule has 0 radical (unpaired) electrons. The molecule has 0 saturated heterocycles. The first-order valence-electron chi connectivity index (χ1n) is 8.70. The molecule has 0 aromatic carbocycles. The van der Waals surface area contributed by atoms with Gasteiger partial charge in [-0.2, -0.15) is 0 Å². The normalized spacial score (nSPS) is 9.91. The highest BCUT2D eigenvalue weighted by molar-refractivity contribution is 5.71. The van der Waals surface area contributed by atoms with Crippen molar-refractivity contribution in [3.63, 3.8) is 0 Å². The lowest BCUT2D eigenvalue weighted by Crippen LogP contribution is -2.27. The lowest BCUT2D eigenvalue weighted by Gasteiger charge is -2.06. The van der Waals surface area contributed by atoms with Crippen molar-refractivity contribution in [3.05, 3.63) is 0 Å². The Kier molecular flexibility index (Phi) is 15.4. The number of carbonyl (C=O) groups is 2. The number of amides is 1. The molecule has 0 spiro atoms. The van der Waals surface area contributed by atoms with Crippen LogP contribution in [0.2, 0.25) is 0 Å². The molecule has 0 rings (SSSR count). The summed E-state index contributed by atoms with van der Waals surface area (Å²) in [5.74, 6) is 1.88. The molecule has 0 aromatic rings. The van der Waals surface area contributed by atoms with E-state index in [-0.39, 0.29) is 25.5 Å². The molecule has 5 heteroatoms. The van der Waals surface area contributed by atoms with Gasteiger partial charge in [0.05, 0.1) is 13.0 Å². The fourth-order valence-corrected chi connectivity index (χ4v) is 2.10. The first kappa shape index (κ1) is 21.3. The summed E-state index contributed by atoms with van der Waals surface area (Å²) in [5.41, 5.74) is 0. The van der Waals surface area contributed by atoms with E-state index >= 15 is 0 Å². The summed E-state index contributed by atoms with van der Waals surface area (Å²) in [5, 5.41) is 2.43. The molecule has 0 aliphatic carbocycles. The van der Waals surface area contributed by atoms with Crippen molar-refractivity contribution in [1.82, 2.24) is 5.32 Å². The Balaban J connectivity index is 3.27. The van der Waals surface area contributed by atoms with Crippen LogP contribution in [-0.2, 0) is 14.3 Å². The van der Waals surface area contributed by atoms with Gasteiger partial charge in [-0.15, -0.1) is 6.42 Å². The van der Waals surface area contributed by atoms with E-state index in [1.807, 2.05) is 0 Å². The van der Waals surface area contributed by atoms with Gasteiger partial charge >= 0.3 is 12.1 Å². The van der Waals surface area contributed by atoms with Gasteiger partial charge in [-0.05, 0) is 6.42 Å². The second kappa shape index (κ2) is 16.7. The number of ether oxygens (including phenoxy) is 2. The van der Waals surface area contributed by atoms with Crippen LogP contribution in [0.1, 0.15) is 71.1 Å². The van der Waals surface area contributed by atoms with E-state index < -0.39 is 6.09 Å². The van der Waals surface area contributed by atoms with Crippen LogP contribution in [0.15, 0.2) is 0 Å². The average molecular weight is 325 g/mol. The molecule has 1 N–H and O–H groups in total. The summed E-state index contributed by atoms with van der Waals surface area (Å²) >= 11 is 0. The van der Waals surface area contributed by atoms with Gasteiger partial charge in [0.25, 0.3) is 0 Å². The Morgan fingerprint density at radius 1 is 0.957 bits per heavy atom. The second-order valence-electron chi connectivity index (χ2n) is 5.51. The standard InChI is InChI=1S/C18H31NO4/c1-3-5-6-7-8-9-10-11-12-16-22-17(20)13-14-19-18(21)23-15-4-2/h2H,3,5-16H2,1H3,(H,19,21). The zero-order valence-electron chi connectivity index (χ0n) is 14.4. The van der Waals surface area contributed by atoms with E-state index in [0.29, 0.717) is 6.61 Å². The Bertz CT molecular complexity index is 349. The van der Waals surface area contributed by atoms with Gasteiger partial charge in [0, 0.05) is 6.54 Å². The summed E-state index contributed by atoms with van der Waals surface area (Å²) in [6.45, 7) is 2.80. The van der Waals surface area contributed by atoms with Crippen molar-refractivity contribution < 1.29 is 19.1 Å². The summed E-state index contributed by atoms with van der Waals surface area (Å²) in [6.07, 6.45) is 15.5. The van der Waals surface area contributed by atoms with Crippen LogP contribution in [-0.4, -0.2) is 31.8 Å². The van der Waals surface area contributed by atoms with Crippen LogP contribution in [0.25, 0.3) is 0 Å². The predicted octanol–water partition coefficient (Wildman–Crippen LogP) is 3.81. The van der Waals surface area contributed by atoms with Crippen molar-refractivity contribution in [2.45, 2.75) is 71.1 Å². The predicted molar refractivity (Wildman–Crippen MR) is 91.0 cm³/mol. The van der Waals surface area contributed by atoms with Gasteiger partial charge in [-0.25, -0.2) is 4.79 Å². The number of unbranched alkanes of at least 4 members (excludes halogenated alkanes) is 8. The van der Waals surface area contributed by atoms with Crippen molar-refractivity contribution >= 4 is 12.1 Å². The van der Waals surface area contributed by atoms with Crippen molar-refractivity contribution in [3.8, 4) is 12.3 Å². The van der Waals surface area contributed by atoms with Gasteiger partial charge in [0.15, 0.2) is 6.61 Å². The number of hydrogen-bond donors (Lipinski definition) is 1. The van der Waals surface area contributed by atoms with Gasteiger partial charge in [-0.3, -0.25) is 4.79 Å². The molecule has 0 saturated carbocycles. The van der Waals surface area contributed by atoms with Gasteiger partial charge < -0.3 is 14.8 Å². The van der Waals surface area contributed by atoms with Crippen molar-refractivity contribution in [1.29, 1.82) is 0 Å². The molecule has 0 aliphatic heterocycles. The Labute approximate surface area is 140 Å². The monoisotopic (exact) mass is 325 g/mol. The Hall–Kier alpha value is -1.70. The third-order valence-corrected chi connectivity index (χ3v) is 3.40. The molecule has 0 aromatic heterocycles. The van der Waals surface area contributed by atoms with Crippen molar-refractivity contribution in [2.75, 3.05) is 19.8 Å². The Morgan fingerprint density at radius 2 is 1.57 bits per heavy atom. The number of esters is 1. The summed E-state index contributed by atoms with van der Waals surface area (Å²) in [7, 11) is 0. The summed E-state index contributed by atoms with van der Waals surface area (Å²) in [6, 6.07) is 0. The van der Waals surface area contributed by atoms with E-state index in [1.165, 1.54) is 44.9 Å². The maximum atomic E-state index is 11.4. The maximum absolute atomic E-state index is 11.4. The molecule has 0 fully saturated rings. The minimum atomic E-state index is -0.616. The minimum Gasteiger partial charge on any atom is -0.466 e. The van der Waals surface area contributed by atoms with Crippen LogP contribution >= 0.6 is 0 Å². The molecule has 0 bridgehead atoms. The first-order chi connectivity index (χ1) is 11.2. The van der Waals surface area contributed by atoms with E-state index in [9.17, 15) is 9.59 Å². The largest absolute Gasteiger partial charge is 0.466 e. The molecule has 1 amide bonds. The van der Waals surface area contributed by atoms with Crippen LogP contribution in [0, 0.1) is 12.3 Å². The molecular weight excluding hydrogens is 294 g/mol. The second-order valence-corrected chi connectivity index (χ2v) is 5.51. The molecular formula is C18H31NO4. The topological polar surface area (TPSA) is 64.6 Å². The lowest BCUT2D eigenvalue weighted by molar-refractivity contribution is -0.143. The fraction of sp³-hybridized carbons (Fsp3) is 0.778. The lowest BCUT2D eigenvalue weighted by atomic mass is 10.1. The summed E-state index contributed by atoms with van der Waals surface area (Å²) < 4.78 is 9.70. The maximum Gasteiger partial charge on any atom is 0.408 e. The quantitative estimate of drug-likeness (QED) is 0.300. The number of rotatable bonds is 14. The van der Waals surface area contributed by atoms with Crippen LogP contribution < -0.4 is 5.32 Å². The molecule has 0 unspecified atom stereocenters. The fourth-order valence-electron chi connectivity index (χ4n) is 2.10. The number of hydrogen-bond acceptors (Lipinski definition) is 4. The third kappa shape index (κ3) is 16.5. The molecule has 132 valence electrons. The first-order valence-corrected chi connectivity index (χ1v) is 8.70. The molecule has 0 atom stereocenters. The van der Waals surface area contributed by atoms with Crippen molar-refractivity contribution in [2.24, 2.45) is 0 Å². The average Bonchev–Trinajstić information content (AvgIpc) is 2.54. The molecule has 0 heterocycles. The van der Waals surface area contributed by atoms with Crippen LogP contribution in [0.4, 0.5) is 4.79 Å². The van der Waals surface area contributed by atoms with E-state index in [2.05, 4.69) is 22.9 Å².